The fourth-order valence-electron chi connectivity index (χ4n) is 6.01. The van der Waals surface area contributed by atoms with E-state index >= 15 is 0 Å². The Labute approximate surface area is 187 Å². The van der Waals surface area contributed by atoms with Crippen LogP contribution in [0, 0.1) is 23.2 Å². The monoisotopic (exact) mass is 460 g/mol. The standard InChI is InChI=1S/C23H28N2O4S2/c1-22(2,3)20(26)19(21-24-17-6-4-5-7-18(17)30-21)25-29-31(27,28)23-11-14-8-15(12-23)10-16(9-14)13-23/h4-7,14-16H,8-13H2,1-3H3/b25-19+. The normalized spacial score (nSPS) is 30.7. The van der Waals surface area contributed by atoms with E-state index in [0.717, 1.165) is 29.5 Å². The van der Waals surface area contributed by atoms with E-state index in [1.165, 1.54) is 11.3 Å². The van der Waals surface area contributed by atoms with Gasteiger partial charge in [0.2, 0.25) is 0 Å². The summed E-state index contributed by atoms with van der Waals surface area (Å²) in [5.74, 6) is 1.11. The van der Waals surface area contributed by atoms with Crippen molar-refractivity contribution in [1.82, 2.24) is 4.98 Å². The fourth-order valence-corrected chi connectivity index (χ4v) is 8.60. The summed E-state index contributed by atoms with van der Waals surface area (Å²) >= 11 is 1.32. The lowest BCUT2D eigenvalue weighted by Gasteiger charge is -2.54. The highest BCUT2D eigenvalue weighted by Crippen LogP contribution is 2.58. The molecule has 0 spiro atoms. The van der Waals surface area contributed by atoms with Crippen LogP contribution >= 0.6 is 11.3 Å². The van der Waals surface area contributed by atoms with Crippen molar-refractivity contribution in [3.8, 4) is 0 Å². The number of hydrogen-bond donors (Lipinski definition) is 0. The minimum Gasteiger partial charge on any atom is -0.292 e. The molecule has 0 atom stereocenters. The van der Waals surface area contributed by atoms with Crippen molar-refractivity contribution in [2.45, 2.75) is 64.0 Å². The van der Waals surface area contributed by atoms with Crippen LogP contribution in [0.25, 0.3) is 10.2 Å². The Balaban J connectivity index is 1.51. The van der Waals surface area contributed by atoms with E-state index < -0.39 is 20.3 Å². The summed E-state index contributed by atoms with van der Waals surface area (Å²) in [6.07, 6.45) is 5.37. The zero-order valence-corrected chi connectivity index (χ0v) is 19.8. The van der Waals surface area contributed by atoms with E-state index in [-0.39, 0.29) is 11.5 Å². The van der Waals surface area contributed by atoms with E-state index in [4.69, 9.17) is 4.28 Å². The van der Waals surface area contributed by atoms with E-state index in [9.17, 15) is 13.2 Å². The molecule has 0 radical (unpaired) electrons. The van der Waals surface area contributed by atoms with Gasteiger partial charge in [-0.2, -0.15) is 8.42 Å². The van der Waals surface area contributed by atoms with Gasteiger partial charge in [0.1, 0.15) is 9.75 Å². The lowest BCUT2D eigenvalue weighted by Crippen LogP contribution is -2.54. The second kappa shape index (κ2) is 7.10. The Morgan fingerprint density at radius 1 is 1.10 bits per heavy atom. The zero-order chi connectivity index (χ0) is 22.0. The molecule has 4 fully saturated rings. The van der Waals surface area contributed by atoms with Gasteiger partial charge < -0.3 is 0 Å². The van der Waals surface area contributed by atoms with Crippen molar-refractivity contribution in [2.24, 2.45) is 28.3 Å². The summed E-state index contributed by atoms with van der Waals surface area (Å²) in [5.41, 5.74) is -0.00679. The Morgan fingerprint density at radius 3 is 2.23 bits per heavy atom. The summed E-state index contributed by atoms with van der Waals surface area (Å²) in [5, 5.41) is 4.40. The first-order chi connectivity index (χ1) is 14.6. The number of nitrogens with zero attached hydrogens (tertiary/aromatic N) is 2. The minimum atomic E-state index is -3.95. The first-order valence-electron chi connectivity index (χ1n) is 11.0. The van der Waals surface area contributed by atoms with Gasteiger partial charge in [0.05, 0.1) is 10.2 Å². The predicted octanol–water partition coefficient (Wildman–Crippen LogP) is 4.93. The lowest BCUT2D eigenvalue weighted by atomic mass is 9.56. The number of Topliss-reactive ketones (excluding diaryl/α,β-unsaturated/α-hetero) is 1. The average Bonchev–Trinajstić information content (AvgIpc) is 3.10. The van der Waals surface area contributed by atoms with Crippen LogP contribution in [0.5, 0.6) is 0 Å². The highest BCUT2D eigenvalue weighted by Gasteiger charge is 2.59. The Kier molecular flexibility index (Phi) is 4.83. The van der Waals surface area contributed by atoms with Crippen LogP contribution in [-0.2, 0) is 19.2 Å². The molecule has 6 nitrogen and oxygen atoms in total. The fraction of sp³-hybridized carbons (Fsp3) is 0.609. The van der Waals surface area contributed by atoms with Crippen LogP contribution in [0.1, 0.15) is 64.3 Å². The second-order valence-corrected chi connectivity index (χ2v) is 13.6. The summed E-state index contributed by atoms with van der Waals surface area (Å²) in [7, 11) is -3.95. The molecule has 31 heavy (non-hydrogen) atoms. The molecule has 4 bridgehead atoms. The maximum Gasteiger partial charge on any atom is 0.334 e. The van der Waals surface area contributed by atoms with Gasteiger partial charge in [0.15, 0.2) is 11.5 Å². The molecule has 4 aliphatic carbocycles. The van der Waals surface area contributed by atoms with Crippen molar-refractivity contribution >= 4 is 43.2 Å². The summed E-state index contributed by atoms with van der Waals surface area (Å²) in [4.78, 5) is 17.7. The number of rotatable bonds is 5. The molecular formula is C23H28N2O4S2. The number of fused-ring (bicyclic) bond motifs is 1. The van der Waals surface area contributed by atoms with Crippen molar-refractivity contribution < 1.29 is 17.5 Å². The molecule has 4 saturated carbocycles. The molecule has 1 heterocycles. The van der Waals surface area contributed by atoms with Crippen LogP contribution < -0.4 is 0 Å². The van der Waals surface area contributed by atoms with Crippen molar-refractivity contribution in [1.29, 1.82) is 0 Å². The largest absolute Gasteiger partial charge is 0.334 e. The molecule has 0 saturated heterocycles. The molecule has 0 aliphatic heterocycles. The third-order valence-electron chi connectivity index (χ3n) is 7.13. The molecule has 0 amide bonds. The summed E-state index contributed by atoms with van der Waals surface area (Å²) in [6, 6.07) is 7.56. The average molecular weight is 461 g/mol. The second-order valence-electron chi connectivity index (χ2n) is 10.6. The van der Waals surface area contributed by atoms with Crippen molar-refractivity contribution in [2.75, 3.05) is 0 Å². The van der Waals surface area contributed by atoms with Crippen molar-refractivity contribution in [3.05, 3.63) is 29.3 Å². The quantitative estimate of drug-likeness (QED) is 0.466. The first-order valence-corrected chi connectivity index (χ1v) is 13.2. The lowest BCUT2D eigenvalue weighted by molar-refractivity contribution is -0.119. The smallest absolute Gasteiger partial charge is 0.292 e. The molecule has 0 unspecified atom stereocenters. The van der Waals surface area contributed by atoms with Crippen LogP contribution in [0.4, 0.5) is 0 Å². The topological polar surface area (TPSA) is 85.7 Å². The van der Waals surface area contributed by atoms with E-state index in [1.54, 1.807) is 20.8 Å². The van der Waals surface area contributed by atoms with Gasteiger partial charge in [-0.05, 0) is 68.4 Å². The molecular weight excluding hydrogens is 432 g/mol. The SMILES string of the molecule is CC(C)(C)C(=O)/C(=N\OS(=O)(=O)C12CC3CC(CC(C3)C1)C2)c1nc2ccccc2s1. The predicted molar refractivity (Wildman–Crippen MR) is 122 cm³/mol. The number of carbonyl (C=O) groups is 1. The van der Waals surface area contributed by atoms with E-state index in [1.807, 2.05) is 24.3 Å². The van der Waals surface area contributed by atoms with Crippen LogP contribution in [0.15, 0.2) is 29.4 Å². The number of ketones is 1. The van der Waals surface area contributed by atoms with Gasteiger partial charge in [-0.3, -0.25) is 9.08 Å². The van der Waals surface area contributed by atoms with Crippen LogP contribution in [-0.4, -0.2) is 29.6 Å². The Morgan fingerprint density at radius 2 is 1.68 bits per heavy atom. The van der Waals surface area contributed by atoms with Gasteiger partial charge in [-0.15, -0.1) is 11.3 Å². The molecule has 1 aromatic heterocycles. The van der Waals surface area contributed by atoms with Gasteiger partial charge in [0, 0.05) is 5.41 Å². The van der Waals surface area contributed by atoms with Crippen LogP contribution in [0.3, 0.4) is 0 Å². The molecule has 6 rings (SSSR count). The van der Waals surface area contributed by atoms with Crippen molar-refractivity contribution in [3.63, 3.8) is 0 Å². The number of para-hydroxylation sites is 1. The van der Waals surface area contributed by atoms with Gasteiger partial charge in [0.25, 0.3) is 0 Å². The number of carbonyl (C=O) groups excluding carboxylic acids is 1. The summed E-state index contributed by atoms with van der Waals surface area (Å²) in [6.45, 7) is 5.35. The Bertz CT molecular complexity index is 1110. The first kappa shape index (κ1) is 21.1. The Hall–Kier alpha value is -1.80. The zero-order valence-electron chi connectivity index (χ0n) is 18.1. The maximum atomic E-state index is 13.4. The number of aromatic nitrogens is 1. The number of oxime groups is 1. The third-order valence-corrected chi connectivity index (χ3v) is 10.0. The molecule has 166 valence electrons. The number of thiazole rings is 1. The highest BCUT2D eigenvalue weighted by atomic mass is 32.2. The van der Waals surface area contributed by atoms with Gasteiger partial charge in [-0.1, -0.05) is 38.1 Å². The van der Waals surface area contributed by atoms with E-state index in [0.29, 0.717) is 42.0 Å². The van der Waals surface area contributed by atoms with Gasteiger partial charge >= 0.3 is 10.1 Å². The maximum absolute atomic E-state index is 13.4. The van der Waals surface area contributed by atoms with Gasteiger partial charge in [-0.25, -0.2) is 4.98 Å². The molecule has 8 heteroatoms. The third kappa shape index (κ3) is 3.61. The summed E-state index contributed by atoms with van der Waals surface area (Å²) < 4.78 is 32.2. The van der Waals surface area contributed by atoms with E-state index in [2.05, 4.69) is 10.1 Å². The highest BCUT2D eigenvalue weighted by molar-refractivity contribution is 7.88. The van der Waals surface area contributed by atoms with Crippen LogP contribution in [0.2, 0.25) is 0 Å². The molecule has 2 aromatic rings. The molecule has 1 aromatic carbocycles. The number of benzene rings is 1. The number of hydrogen-bond acceptors (Lipinski definition) is 7. The molecule has 0 N–H and O–H groups in total. The molecule has 4 aliphatic rings. The minimum absolute atomic E-state index is 0.0120.